The molecule has 3 rings (SSSR count). The van der Waals surface area contributed by atoms with Crippen molar-refractivity contribution in [1.29, 1.82) is 0 Å². The van der Waals surface area contributed by atoms with Gasteiger partial charge >= 0.3 is 0 Å². The molecule has 1 fully saturated rings. The summed E-state index contributed by atoms with van der Waals surface area (Å²) in [6.45, 7) is 12.8. The zero-order valence-corrected chi connectivity index (χ0v) is 17.5. The molecule has 1 aromatic heterocycles. The molecule has 1 aliphatic heterocycles. The largest absolute Gasteiger partial charge is 0.396 e. The van der Waals surface area contributed by atoms with E-state index in [1.165, 1.54) is 17.3 Å². The highest BCUT2D eigenvalue weighted by molar-refractivity contribution is 5.25. The predicted molar refractivity (Wildman–Crippen MR) is 110 cm³/mol. The van der Waals surface area contributed by atoms with Gasteiger partial charge in [0, 0.05) is 68.2 Å². The van der Waals surface area contributed by atoms with Crippen molar-refractivity contribution in [2.24, 2.45) is 0 Å². The number of piperazine rings is 1. The van der Waals surface area contributed by atoms with Gasteiger partial charge in [0.25, 0.3) is 0 Å². The van der Waals surface area contributed by atoms with Crippen molar-refractivity contribution in [3.05, 3.63) is 52.6 Å². The van der Waals surface area contributed by atoms with E-state index in [0.29, 0.717) is 19.0 Å². The van der Waals surface area contributed by atoms with Crippen LogP contribution in [0.15, 0.2) is 24.3 Å². The molecule has 1 aromatic carbocycles. The minimum absolute atomic E-state index is 0.148. The maximum Gasteiger partial charge on any atom is 0.127 e. The molecule has 0 radical (unpaired) electrons. The van der Waals surface area contributed by atoms with Crippen molar-refractivity contribution in [2.75, 3.05) is 26.2 Å². The highest BCUT2D eigenvalue weighted by Crippen LogP contribution is 2.23. The van der Waals surface area contributed by atoms with Crippen LogP contribution in [0.2, 0.25) is 0 Å². The topological polar surface area (TPSA) is 44.5 Å². The fraction of sp³-hybridized carbons (Fsp3) is 0.591. The number of rotatable bonds is 7. The lowest BCUT2D eigenvalue weighted by molar-refractivity contribution is 0.0491. The van der Waals surface area contributed by atoms with Crippen LogP contribution in [0.4, 0.5) is 4.39 Å². The molecular weight excluding hydrogens is 355 g/mol. The second-order valence-electron chi connectivity index (χ2n) is 8.15. The third kappa shape index (κ3) is 4.62. The Balaban J connectivity index is 1.70. The lowest BCUT2D eigenvalue weighted by atomic mass is 10.1. The SMILES string of the molecule is Cc1nn(C(C)C)c(C)c1CN1CCN(Cc2ccccc2F)[C@@H](CCO)C1. The summed E-state index contributed by atoms with van der Waals surface area (Å²) in [6, 6.07) is 7.55. The summed E-state index contributed by atoms with van der Waals surface area (Å²) in [6.07, 6.45) is 0.703. The maximum absolute atomic E-state index is 14.1. The maximum atomic E-state index is 14.1. The van der Waals surface area contributed by atoms with Gasteiger partial charge in [-0.1, -0.05) is 18.2 Å². The third-order valence-electron chi connectivity index (χ3n) is 5.83. The lowest BCUT2D eigenvalue weighted by Gasteiger charge is -2.41. The zero-order chi connectivity index (χ0) is 20.3. The molecule has 2 heterocycles. The zero-order valence-electron chi connectivity index (χ0n) is 17.5. The summed E-state index contributed by atoms with van der Waals surface area (Å²) in [5.41, 5.74) is 4.36. The average molecular weight is 389 g/mol. The minimum Gasteiger partial charge on any atom is -0.396 e. The summed E-state index contributed by atoms with van der Waals surface area (Å²) >= 11 is 0. The van der Waals surface area contributed by atoms with E-state index in [1.54, 1.807) is 6.07 Å². The predicted octanol–water partition coefficient (Wildman–Crippen LogP) is 3.29. The molecule has 5 nitrogen and oxygen atoms in total. The van der Waals surface area contributed by atoms with Gasteiger partial charge in [-0.15, -0.1) is 0 Å². The van der Waals surface area contributed by atoms with Crippen LogP contribution in [0.3, 0.4) is 0 Å². The highest BCUT2D eigenvalue weighted by Gasteiger charge is 2.28. The molecule has 1 N–H and O–H groups in total. The van der Waals surface area contributed by atoms with Crippen LogP contribution in [0.1, 0.15) is 48.8 Å². The Kier molecular flexibility index (Phi) is 6.86. The van der Waals surface area contributed by atoms with Crippen LogP contribution in [0, 0.1) is 19.7 Å². The van der Waals surface area contributed by atoms with Gasteiger partial charge in [-0.25, -0.2) is 4.39 Å². The third-order valence-corrected chi connectivity index (χ3v) is 5.83. The number of hydrogen-bond donors (Lipinski definition) is 1. The highest BCUT2D eigenvalue weighted by atomic mass is 19.1. The van der Waals surface area contributed by atoms with E-state index in [4.69, 9.17) is 5.10 Å². The van der Waals surface area contributed by atoms with Crippen LogP contribution in [0.5, 0.6) is 0 Å². The molecule has 1 saturated heterocycles. The Hall–Kier alpha value is -1.76. The molecule has 0 spiro atoms. The Bertz CT molecular complexity index is 789. The van der Waals surface area contributed by atoms with Crippen molar-refractivity contribution >= 4 is 0 Å². The smallest absolute Gasteiger partial charge is 0.127 e. The number of benzene rings is 1. The quantitative estimate of drug-likeness (QED) is 0.791. The normalized spacial score (nSPS) is 18.9. The first kappa shape index (κ1) is 21.0. The van der Waals surface area contributed by atoms with E-state index >= 15 is 0 Å². The van der Waals surface area contributed by atoms with E-state index in [9.17, 15) is 9.50 Å². The number of halogens is 1. The fourth-order valence-electron chi connectivity index (χ4n) is 4.23. The van der Waals surface area contributed by atoms with E-state index in [-0.39, 0.29) is 18.5 Å². The van der Waals surface area contributed by atoms with Gasteiger partial charge in [0.05, 0.1) is 5.69 Å². The summed E-state index contributed by atoms with van der Waals surface area (Å²) in [5, 5.41) is 14.3. The van der Waals surface area contributed by atoms with Crippen LogP contribution >= 0.6 is 0 Å². The van der Waals surface area contributed by atoms with Crippen molar-refractivity contribution < 1.29 is 9.50 Å². The van der Waals surface area contributed by atoms with Crippen molar-refractivity contribution in [2.45, 2.75) is 59.3 Å². The number of aliphatic hydroxyl groups excluding tert-OH is 1. The first-order valence-electron chi connectivity index (χ1n) is 10.3. The van der Waals surface area contributed by atoms with Gasteiger partial charge in [-0.3, -0.25) is 14.5 Å². The second-order valence-corrected chi connectivity index (χ2v) is 8.15. The van der Waals surface area contributed by atoms with Crippen LogP contribution in [-0.2, 0) is 13.1 Å². The van der Waals surface area contributed by atoms with Gasteiger partial charge in [0.1, 0.15) is 5.82 Å². The summed E-state index contributed by atoms with van der Waals surface area (Å²) < 4.78 is 16.2. The van der Waals surface area contributed by atoms with Crippen molar-refractivity contribution in [3.8, 4) is 0 Å². The molecular formula is C22H33FN4O. The first-order chi connectivity index (χ1) is 13.4. The molecule has 1 aliphatic rings. The molecule has 28 heavy (non-hydrogen) atoms. The standard InChI is InChI=1S/C22H33FN4O/c1-16(2)27-18(4)21(17(3)24-27)15-25-10-11-26(20(14-25)9-12-28)13-19-7-5-6-8-22(19)23/h5-8,16,20,28H,9-15H2,1-4H3/t20-/m0/s1. The van der Waals surface area contributed by atoms with Crippen LogP contribution in [0.25, 0.3) is 0 Å². The molecule has 0 saturated carbocycles. The van der Waals surface area contributed by atoms with Gasteiger partial charge in [0.15, 0.2) is 0 Å². The van der Waals surface area contributed by atoms with Crippen molar-refractivity contribution in [1.82, 2.24) is 19.6 Å². The number of hydrogen-bond acceptors (Lipinski definition) is 4. The fourth-order valence-corrected chi connectivity index (χ4v) is 4.23. The van der Waals surface area contributed by atoms with Gasteiger partial charge in [0.2, 0.25) is 0 Å². The van der Waals surface area contributed by atoms with Gasteiger partial charge in [-0.2, -0.15) is 5.10 Å². The molecule has 1 atom stereocenters. The molecule has 0 aliphatic carbocycles. The molecule has 0 unspecified atom stereocenters. The molecule has 154 valence electrons. The molecule has 0 amide bonds. The second kappa shape index (κ2) is 9.16. The van der Waals surface area contributed by atoms with Crippen LogP contribution < -0.4 is 0 Å². The average Bonchev–Trinajstić information content (AvgIpc) is 2.94. The molecule has 0 bridgehead atoms. The van der Waals surface area contributed by atoms with Gasteiger partial charge < -0.3 is 5.11 Å². The monoisotopic (exact) mass is 388 g/mol. The number of aliphatic hydroxyl groups is 1. The summed E-state index contributed by atoms with van der Waals surface area (Å²) in [4.78, 5) is 4.75. The number of nitrogens with zero attached hydrogens (tertiary/aromatic N) is 4. The Morgan fingerprint density at radius 1 is 1.18 bits per heavy atom. The molecule has 2 aromatic rings. The van der Waals surface area contributed by atoms with E-state index in [1.807, 2.05) is 12.1 Å². The van der Waals surface area contributed by atoms with E-state index < -0.39 is 0 Å². The Morgan fingerprint density at radius 3 is 2.57 bits per heavy atom. The minimum atomic E-state index is -0.153. The van der Waals surface area contributed by atoms with E-state index in [2.05, 4.69) is 42.2 Å². The van der Waals surface area contributed by atoms with E-state index in [0.717, 1.165) is 37.4 Å². The number of aryl methyl sites for hydroxylation is 1. The Morgan fingerprint density at radius 2 is 1.93 bits per heavy atom. The molecule has 6 heteroatoms. The lowest BCUT2D eigenvalue weighted by Crippen LogP contribution is -2.52. The van der Waals surface area contributed by atoms with Gasteiger partial charge in [-0.05, 0) is 40.2 Å². The first-order valence-corrected chi connectivity index (χ1v) is 10.3. The van der Waals surface area contributed by atoms with Crippen molar-refractivity contribution in [3.63, 3.8) is 0 Å². The number of aromatic nitrogens is 2. The Labute approximate surface area is 167 Å². The summed E-state index contributed by atoms with van der Waals surface area (Å²) in [7, 11) is 0. The summed E-state index contributed by atoms with van der Waals surface area (Å²) in [5.74, 6) is -0.153. The van der Waals surface area contributed by atoms with Crippen LogP contribution in [-0.4, -0.2) is 57.0 Å².